The van der Waals surface area contributed by atoms with E-state index in [1.807, 2.05) is 26.8 Å². The van der Waals surface area contributed by atoms with Crippen LogP contribution in [0.3, 0.4) is 0 Å². The molecule has 0 amide bonds. The monoisotopic (exact) mass is 346 g/mol. The van der Waals surface area contributed by atoms with Gasteiger partial charge in [-0.05, 0) is 41.3 Å². The molecule has 1 saturated heterocycles. The van der Waals surface area contributed by atoms with Gasteiger partial charge in [0.1, 0.15) is 18.5 Å². The first-order valence-corrected chi connectivity index (χ1v) is 9.46. The van der Waals surface area contributed by atoms with Crippen LogP contribution in [0.25, 0.3) is 0 Å². The lowest BCUT2D eigenvalue weighted by molar-refractivity contribution is 0.262. The van der Waals surface area contributed by atoms with Crippen molar-refractivity contribution in [2.45, 2.75) is 42.1 Å². The molecule has 4 nitrogen and oxygen atoms in total. The largest absolute Gasteiger partial charge is 0.491 e. The summed E-state index contributed by atoms with van der Waals surface area (Å²) < 4.78 is 36.9. The second kappa shape index (κ2) is 6.22. The summed E-state index contributed by atoms with van der Waals surface area (Å²) in [5.41, 5.74) is 0.424. The van der Waals surface area contributed by atoms with Crippen LogP contribution >= 0.6 is 0 Å². The molecule has 3 rings (SSSR count). The average molecular weight is 346 g/mol. The van der Waals surface area contributed by atoms with Crippen molar-refractivity contribution in [1.82, 2.24) is 0 Å². The molecular formula is C19H22O4S. The van der Waals surface area contributed by atoms with Crippen molar-refractivity contribution in [1.29, 1.82) is 0 Å². The van der Waals surface area contributed by atoms with Gasteiger partial charge >= 0.3 is 0 Å². The van der Waals surface area contributed by atoms with Crippen molar-refractivity contribution in [3.05, 3.63) is 54.1 Å². The topological polar surface area (TPSA) is 55.9 Å². The highest BCUT2D eigenvalue weighted by Crippen LogP contribution is 2.35. The molecule has 0 spiro atoms. The summed E-state index contributed by atoms with van der Waals surface area (Å²) in [4.78, 5) is 0.631. The van der Waals surface area contributed by atoms with Gasteiger partial charge < -0.3 is 9.47 Å². The van der Waals surface area contributed by atoms with Crippen LogP contribution in [0.15, 0.2) is 58.3 Å². The summed E-state index contributed by atoms with van der Waals surface area (Å²) in [5.74, 6) is 0.669. The van der Waals surface area contributed by atoms with Crippen molar-refractivity contribution in [3.8, 4) is 5.75 Å². The van der Waals surface area contributed by atoms with Gasteiger partial charge in [-0.3, -0.25) is 0 Å². The van der Waals surface area contributed by atoms with Crippen molar-refractivity contribution in [2.24, 2.45) is 0 Å². The number of hydrogen-bond donors (Lipinski definition) is 0. The van der Waals surface area contributed by atoms with Crippen molar-refractivity contribution >= 4 is 9.84 Å². The Balaban J connectivity index is 2.03. The van der Waals surface area contributed by atoms with E-state index >= 15 is 0 Å². The Hall–Kier alpha value is -1.85. The number of sulfone groups is 1. The van der Waals surface area contributed by atoms with E-state index in [0.29, 0.717) is 22.1 Å². The second-order valence-corrected chi connectivity index (χ2v) is 8.91. The van der Waals surface area contributed by atoms with E-state index < -0.39 is 9.84 Å². The molecule has 24 heavy (non-hydrogen) atoms. The minimum atomic E-state index is -3.57. The minimum absolute atomic E-state index is 0.163. The second-order valence-electron chi connectivity index (χ2n) is 6.99. The maximum absolute atomic E-state index is 13.0. The lowest BCUT2D eigenvalue weighted by atomic mass is 9.87. The third kappa shape index (κ3) is 3.62. The van der Waals surface area contributed by atoms with Crippen molar-refractivity contribution in [2.75, 3.05) is 13.2 Å². The van der Waals surface area contributed by atoms with E-state index in [0.717, 1.165) is 12.2 Å². The maximum Gasteiger partial charge on any atom is 0.206 e. The molecule has 0 saturated carbocycles. The molecule has 0 N–H and O–H groups in total. The highest BCUT2D eigenvalue weighted by Gasteiger charge is 2.28. The fourth-order valence-corrected chi connectivity index (χ4v) is 4.17. The fraction of sp³-hybridized carbons (Fsp3) is 0.368. The molecule has 1 aliphatic heterocycles. The summed E-state index contributed by atoms with van der Waals surface area (Å²) in [5, 5.41) is 0. The lowest BCUT2D eigenvalue weighted by Crippen LogP contribution is -2.17. The molecule has 1 aliphatic rings. The standard InChI is InChI=1S/C19H22O4S/c1-19(2,3)17-11-14(22-12-15-13-23-15)9-10-18(17)24(20,21)16-7-5-4-6-8-16/h4-11,15H,12-13H2,1-3H3. The molecule has 128 valence electrons. The zero-order valence-corrected chi connectivity index (χ0v) is 15.0. The van der Waals surface area contributed by atoms with E-state index in [1.54, 1.807) is 42.5 Å². The van der Waals surface area contributed by atoms with Gasteiger partial charge in [0.15, 0.2) is 0 Å². The van der Waals surface area contributed by atoms with Crippen LogP contribution in [-0.4, -0.2) is 27.7 Å². The Morgan fingerprint density at radius 3 is 2.38 bits per heavy atom. The molecule has 0 aromatic heterocycles. The molecule has 1 atom stereocenters. The molecular weight excluding hydrogens is 324 g/mol. The van der Waals surface area contributed by atoms with Crippen molar-refractivity contribution in [3.63, 3.8) is 0 Å². The van der Waals surface area contributed by atoms with Gasteiger partial charge in [0, 0.05) is 0 Å². The van der Waals surface area contributed by atoms with E-state index in [2.05, 4.69) is 0 Å². The van der Waals surface area contributed by atoms with Crippen LogP contribution in [0, 0.1) is 0 Å². The van der Waals surface area contributed by atoms with E-state index in [1.165, 1.54) is 0 Å². The predicted molar refractivity (Wildman–Crippen MR) is 92.3 cm³/mol. The minimum Gasteiger partial charge on any atom is -0.491 e. The molecule has 0 radical (unpaired) electrons. The molecule has 1 unspecified atom stereocenters. The molecule has 0 bridgehead atoms. The average Bonchev–Trinajstić information content (AvgIpc) is 3.37. The summed E-state index contributed by atoms with van der Waals surface area (Å²) >= 11 is 0. The van der Waals surface area contributed by atoms with Crippen LogP contribution < -0.4 is 4.74 Å². The summed E-state index contributed by atoms with van der Waals surface area (Å²) in [7, 11) is -3.57. The summed E-state index contributed by atoms with van der Waals surface area (Å²) in [6, 6.07) is 13.7. The van der Waals surface area contributed by atoms with E-state index in [4.69, 9.17) is 9.47 Å². The first-order valence-electron chi connectivity index (χ1n) is 7.97. The predicted octanol–water partition coefficient (Wildman–Crippen LogP) is 3.59. The Bertz CT molecular complexity index is 816. The fourth-order valence-electron chi connectivity index (χ4n) is 2.50. The number of epoxide rings is 1. The van der Waals surface area contributed by atoms with Gasteiger partial charge in [0.2, 0.25) is 9.84 Å². The lowest BCUT2D eigenvalue weighted by Gasteiger charge is -2.23. The quantitative estimate of drug-likeness (QED) is 0.776. The van der Waals surface area contributed by atoms with Gasteiger partial charge in [-0.1, -0.05) is 39.0 Å². The first-order chi connectivity index (χ1) is 11.3. The summed E-state index contributed by atoms with van der Waals surface area (Å²) in [6.45, 7) is 7.22. The smallest absolute Gasteiger partial charge is 0.206 e. The molecule has 2 aromatic rings. The van der Waals surface area contributed by atoms with Gasteiger partial charge in [0.05, 0.1) is 16.4 Å². The highest BCUT2D eigenvalue weighted by molar-refractivity contribution is 7.91. The van der Waals surface area contributed by atoms with Gasteiger partial charge in [0.25, 0.3) is 0 Å². The zero-order valence-electron chi connectivity index (χ0n) is 14.2. The van der Waals surface area contributed by atoms with Crippen LogP contribution in [0.2, 0.25) is 0 Å². The highest BCUT2D eigenvalue weighted by atomic mass is 32.2. The third-order valence-electron chi connectivity index (χ3n) is 3.94. The van der Waals surface area contributed by atoms with E-state index in [9.17, 15) is 8.42 Å². The van der Waals surface area contributed by atoms with Crippen LogP contribution in [0.5, 0.6) is 5.75 Å². The molecule has 5 heteroatoms. The van der Waals surface area contributed by atoms with Crippen LogP contribution in [0.1, 0.15) is 26.3 Å². The van der Waals surface area contributed by atoms with Crippen LogP contribution in [-0.2, 0) is 20.0 Å². The van der Waals surface area contributed by atoms with Gasteiger partial charge in [-0.25, -0.2) is 8.42 Å². The molecule has 2 aromatic carbocycles. The molecule has 1 fully saturated rings. The Labute approximate surface area is 143 Å². The first kappa shape index (κ1) is 17.0. The molecule has 0 aliphatic carbocycles. The normalized spacial score (nSPS) is 17.5. The van der Waals surface area contributed by atoms with Gasteiger partial charge in [-0.15, -0.1) is 0 Å². The van der Waals surface area contributed by atoms with Crippen LogP contribution in [0.4, 0.5) is 0 Å². The zero-order chi connectivity index (χ0) is 17.4. The number of benzene rings is 2. The number of hydrogen-bond acceptors (Lipinski definition) is 4. The number of rotatable bonds is 5. The maximum atomic E-state index is 13.0. The van der Waals surface area contributed by atoms with E-state index in [-0.39, 0.29) is 11.5 Å². The third-order valence-corrected chi connectivity index (χ3v) is 5.77. The van der Waals surface area contributed by atoms with Crippen molar-refractivity contribution < 1.29 is 17.9 Å². The number of ether oxygens (including phenoxy) is 2. The van der Waals surface area contributed by atoms with Gasteiger partial charge in [-0.2, -0.15) is 0 Å². The Kier molecular flexibility index (Phi) is 4.40. The Morgan fingerprint density at radius 2 is 1.79 bits per heavy atom. The Morgan fingerprint density at radius 1 is 1.12 bits per heavy atom. The summed E-state index contributed by atoms with van der Waals surface area (Å²) in [6.07, 6.45) is 0.163. The molecule has 1 heterocycles. The SMILES string of the molecule is CC(C)(C)c1cc(OCC2CO2)ccc1S(=O)(=O)c1ccccc1.